The zero-order valence-electron chi connectivity index (χ0n) is 10.3. The summed E-state index contributed by atoms with van der Waals surface area (Å²) >= 11 is 0. The molecule has 0 aliphatic heterocycles. The number of pyridine rings is 1. The molecular formula is C12H16N4O. The summed E-state index contributed by atoms with van der Waals surface area (Å²) in [5.41, 5.74) is 1.57. The standard InChI is InChI=1S/C12H16N4O/c1-4-13-11-9-5-6-10(8(2)17-3)16-12(9)15-7-14-11/h5-8H,4H2,1-3H3,(H,13,14,15,16). The highest BCUT2D eigenvalue weighted by Crippen LogP contribution is 2.21. The second-order valence-corrected chi connectivity index (χ2v) is 3.74. The predicted molar refractivity (Wildman–Crippen MR) is 66.9 cm³/mol. The van der Waals surface area contributed by atoms with Crippen molar-refractivity contribution in [2.24, 2.45) is 0 Å². The summed E-state index contributed by atoms with van der Waals surface area (Å²) in [6.45, 7) is 4.81. The second kappa shape index (κ2) is 5.05. The molecule has 0 aliphatic carbocycles. The Labute approximate surface area is 100 Å². The molecule has 17 heavy (non-hydrogen) atoms. The van der Waals surface area contributed by atoms with Gasteiger partial charge in [0.05, 0.1) is 17.2 Å². The molecule has 2 rings (SSSR count). The number of anilines is 1. The molecule has 2 heterocycles. The molecule has 5 nitrogen and oxygen atoms in total. The van der Waals surface area contributed by atoms with Crippen LogP contribution in [0.5, 0.6) is 0 Å². The Morgan fingerprint density at radius 2 is 2.18 bits per heavy atom. The maximum atomic E-state index is 5.24. The third-order valence-electron chi connectivity index (χ3n) is 2.63. The van der Waals surface area contributed by atoms with E-state index in [0.29, 0.717) is 5.65 Å². The first-order valence-corrected chi connectivity index (χ1v) is 5.64. The highest BCUT2D eigenvalue weighted by Gasteiger charge is 2.09. The van der Waals surface area contributed by atoms with Crippen LogP contribution >= 0.6 is 0 Å². The van der Waals surface area contributed by atoms with Crippen LogP contribution in [0.3, 0.4) is 0 Å². The van der Waals surface area contributed by atoms with E-state index < -0.39 is 0 Å². The van der Waals surface area contributed by atoms with Gasteiger partial charge in [0.25, 0.3) is 0 Å². The first-order chi connectivity index (χ1) is 8.26. The summed E-state index contributed by atoms with van der Waals surface area (Å²) in [4.78, 5) is 12.9. The number of hydrogen-bond donors (Lipinski definition) is 1. The van der Waals surface area contributed by atoms with Crippen molar-refractivity contribution in [3.05, 3.63) is 24.2 Å². The molecule has 1 atom stereocenters. The van der Waals surface area contributed by atoms with Crippen molar-refractivity contribution in [1.29, 1.82) is 0 Å². The summed E-state index contributed by atoms with van der Waals surface area (Å²) < 4.78 is 5.24. The monoisotopic (exact) mass is 232 g/mol. The Bertz CT molecular complexity index is 515. The number of nitrogens with zero attached hydrogens (tertiary/aromatic N) is 3. The van der Waals surface area contributed by atoms with E-state index in [0.717, 1.165) is 23.4 Å². The number of fused-ring (bicyclic) bond motifs is 1. The molecule has 0 saturated carbocycles. The summed E-state index contributed by atoms with van der Waals surface area (Å²) in [6.07, 6.45) is 1.49. The van der Waals surface area contributed by atoms with Gasteiger partial charge in [-0.15, -0.1) is 0 Å². The SMILES string of the molecule is CCNc1ncnc2nc(C(C)OC)ccc12. The third-order valence-corrected chi connectivity index (χ3v) is 2.63. The molecule has 0 spiro atoms. The van der Waals surface area contributed by atoms with Gasteiger partial charge in [-0.25, -0.2) is 15.0 Å². The lowest BCUT2D eigenvalue weighted by atomic mass is 10.2. The lowest BCUT2D eigenvalue weighted by Gasteiger charge is -2.10. The van der Waals surface area contributed by atoms with E-state index in [-0.39, 0.29) is 6.10 Å². The molecule has 5 heteroatoms. The molecule has 0 bridgehead atoms. The first-order valence-electron chi connectivity index (χ1n) is 5.64. The number of aromatic nitrogens is 3. The summed E-state index contributed by atoms with van der Waals surface area (Å²) in [5.74, 6) is 0.821. The first kappa shape index (κ1) is 11.7. The summed E-state index contributed by atoms with van der Waals surface area (Å²) in [6, 6.07) is 3.92. The van der Waals surface area contributed by atoms with Crippen molar-refractivity contribution >= 4 is 16.9 Å². The van der Waals surface area contributed by atoms with Gasteiger partial charge in [0.2, 0.25) is 0 Å². The Morgan fingerprint density at radius 3 is 2.88 bits per heavy atom. The zero-order valence-corrected chi connectivity index (χ0v) is 10.3. The largest absolute Gasteiger partial charge is 0.375 e. The van der Waals surface area contributed by atoms with Gasteiger partial charge in [-0.3, -0.25) is 0 Å². The van der Waals surface area contributed by atoms with Crippen molar-refractivity contribution in [3.8, 4) is 0 Å². The van der Waals surface area contributed by atoms with Crippen LogP contribution in [-0.4, -0.2) is 28.6 Å². The number of methoxy groups -OCH3 is 1. The van der Waals surface area contributed by atoms with E-state index in [4.69, 9.17) is 4.74 Å². The molecule has 0 radical (unpaired) electrons. The minimum Gasteiger partial charge on any atom is -0.375 e. The van der Waals surface area contributed by atoms with Crippen LogP contribution in [0.25, 0.3) is 11.0 Å². The van der Waals surface area contributed by atoms with Crippen LogP contribution in [0.4, 0.5) is 5.82 Å². The fourth-order valence-corrected chi connectivity index (χ4v) is 1.61. The Balaban J connectivity index is 2.49. The Kier molecular flexibility index (Phi) is 3.49. The maximum absolute atomic E-state index is 5.24. The molecular weight excluding hydrogens is 216 g/mol. The van der Waals surface area contributed by atoms with Crippen LogP contribution in [0, 0.1) is 0 Å². The van der Waals surface area contributed by atoms with Gasteiger partial charge in [0.15, 0.2) is 5.65 Å². The third kappa shape index (κ3) is 2.34. The van der Waals surface area contributed by atoms with Gasteiger partial charge < -0.3 is 10.1 Å². The maximum Gasteiger partial charge on any atom is 0.164 e. The van der Waals surface area contributed by atoms with Crippen molar-refractivity contribution in [2.75, 3.05) is 19.0 Å². The fourth-order valence-electron chi connectivity index (χ4n) is 1.61. The minimum atomic E-state index is -0.0306. The quantitative estimate of drug-likeness (QED) is 0.875. The number of ether oxygens (including phenoxy) is 1. The van der Waals surface area contributed by atoms with E-state index in [1.165, 1.54) is 6.33 Å². The molecule has 0 aromatic carbocycles. The highest BCUT2D eigenvalue weighted by atomic mass is 16.5. The molecule has 0 amide bonds. The average molecular weight is 232 g/mol. The molecule has 0 fully saturated rings. The Morgan fingerprint density at radius 1 is 1.35 bits per heavy atom. The van der Waals surface area contributed by atoms with Gasteiger partial charge in [-0.2, -0.15) is 0 Å². The van der Waals surface area contributed by atoms with Crippen LogP contribution < -0.4 is 5.32 Å². The predicted octanol–water partition coefficient (Wildman–Crippen LogP) is 2.16. The van der Waals surface area contributed by atoms with Gasteiger partial charge in [0.1, 0.15) is 12.1 Å². The van der Waals surface area contributed by atoms with Gasteiger partial charge in [-0.1, -0.05) is 0 Å². The van der Waals surface area contributed by atoms with Crippen molar-refractivity contribution in [2.45, 2.75) is 20.0 Å². The molecule has 1 N–H and O–H groups in total. The van der Waals surface area contributed by atoms with E-state index in [1.807, 2.05) is 26.0 Å². The second-order valence-electron chi connectivity index (χ2n) is 3.74. The zero-order chi connectivity index (χ0) is 12.3. The van der Waals surface area contributed by atoms with Crippen LogP contribution in [-0.2, 0) is 4.74 Å². The normalized spacial score (nSPS) is 12.6. The Hall–Kier alpha value is -1.75. The van der Waals surface area contributed by atoms with Gasteiger partial charge in [-0.05, 0) is 26.0 Å². The molecule has 90 valence electrons. The number of hydrogen-bond acceptors (Lipinski definition) is 5. The number of rotatable bonds is 4. The van der Waals surface area contributed by atoms with Crippen LogP contribution in [0.15, 0.2) is 18.5 Å². The average Bonchev–Trinajstić information content (AvgIpc) is 2.38. The molecule has 0 aliphatic rings. The van der Waals surface area contributed by atoms with E-state index in [1.54, 1.807) is 7.11 Å². The summed E-state index contributed by atoms with van der Waals surface area (Å²) in [5, 5.41) is 4.12. The smallest absolute Gasteiger partial charge is 0.164 e. The van der Waals surface area contributed by atoms with Crippen molar-refractivity contribution in [3.63, 3.8) is 0 Å². The van der Waals surface area contributed by atoms with E-state index in [2.05, 4.69) is 20.3 Å². The van der Waals surface area contributed by atoms with Gasteiger partial charge in [0, 0.05) is 13.7 Å². The topological polar surface area (TPSA) is 59.9 Å². The van der Waals surface area contributed by atoms with E-state index in [9.17, 15) is 0 Å². The van der Waals surface area contributed by atoms with Crippen LogP contribution in [0.2, 0.25) is 0 Å². The molecule has 2 aromatic heterocycles. The lowest BCUT2D eigenvalue weighted by Crippen LogP contribution is -2.04. The highest BCUT2D eigenvalue weighted by molar-refractivity contribution is 5.86. The fraction of sp³-hybridized carbons (Fsp3) is 0.417. The molecule has 2 aromatic rings. The van der Waals surface area contributed by atoms with Crippen LogP contribution in [0.1, 0.15) is 25.6 Å². The van der Waals surface area contributed by atoms with Gasteiger partial charge >= 0.3 is 0 Å². The minimum absolute atomic E-state index is 0.0306. The number of nitrogens with one attached hydrogen (secondary N) is 1. The van der Waals surface area contributed by atoms with E-state index >= 15 is 0 Å². The molecule has 0 saturated heterocycles. The molecule has 1 unspecified atom stereocenters. The van der Waals surface area contributed by atoms with Crippen molar-refractivity contribution in [1.82, 2.24) is 15.0 Å². The lowest BCUT2D eigenvalue weighted by molar-refractivity contribution is 0.116. The summed E-state index contributed by atoms with van der Waals surface area (Å²) in [7, 11) is 1.67. The van der Waals surface area contributed by atoms with Crippen molar-refractivity contribution < 1.29 is 4.74 Å².